The minimum Gasteiger partial charge on any atom is -0.354 e. The van der Waals surface area contributed by atoms with Crippen LogP contribution in [0.25, 0.3) is 0 Å². The van der Waals surface area contributed by atoms with Crippen LogP contribution in [0, 0.1) is 0 Å². The second-order valence-electron chi connectivity index (χ2n) is 6.50. The average molecular weight is 365 g/mol. The van der Waals surface area contributed by atoms with Crippen molar-refractivity contribution in [3.8, 4) is 0 Å². The molecule has 0 atom stereocenters. The summed E-state index contributed by atoms with van der Waals surface area (Å²) in [6.45, 7) is 2.40. The van der Waals surface area contributed by atoms with Gasteiger partial charge in [-0.1, -0.05) is 30.7 Å². The Morgan fingerprint density at radius 2 is 1.92 bits per heavy atom. The van der Waals surface area contributed by atoms with Crippen LogP contribution in [0.2, 0.25) is 0 Å². The van der Waals surface area contributed by atoms with Crippen molar-refractivity contribution in [2.75, 3.05) is 23.7 Å². The van der Waals surface area contributed by atoms with Crippen molar-refractivity contribution in [3.63, 3.8) is 0 Å². The zero-order chi connectivity index (χ0) is 18.3. The van der Waals surface area contributed by atoms with Crippen molar-refractivity contribution in [3.05, 3.63) is 41.5 Å². The van der Waals surface area contributed by atoms with Gasteiger partial charge in [0.15, 0.2) is 0 Å². The maximum Gasteiger partial charge on any atom is 0.240 e. The van der Waals surface area contributed by atoms with E-state index in [2.05, 4.69) is 11.4 Å². The molecule has 0 bridgehead atoms. The molecule has 25 heavy (non-hydrogen) atoms. The van der Waals surface area contributed by atoms with Gasteiger partial charge >= 0.3 is 0 Å². The number of anilines is 1. The number of allylic oxidation sites excluding steroid dienone is 1. The van der Waals surface area contributed by atoms with Crippen molar-refractivity contribution in [2.45, 2.75) is 45.4 Å². The van der Waals surface area contributed by atoms with Crippen LogP contribution >= 0.6 is 0 Å². The lowest BCUT2D eigenvalue weighted by Gasteiger charge is -2.22. The largest absolute Gasteiger partial charge is 0.354 e. The zero-order valence-corrected chi connectivity index (χ0v) is 15.9. The van der Waals surface area contributed by atoms with Crippen molar-refractivity contribution in [1.29, 1.82) is 0 Å². The van der Waals surface area contributed by atoms with Gasteiger partial charge in [-0.15, -0.1) is 0 Å². The molecule has 0 unspecified atom stereocenters. The molecule has 0 saturated carbocycles. The first-order valence-electron chi connectivity index (χ1n) is 8.91. The standard InChI is InChI=1S/C19H28N2O3S/c1-3-16-9-11-18(12-10-16)21(25(2,23)24)15-19(22)20-14-13-17-7-5-4-6-8-17/h7,9-12H,3-6,8,13-15H2,1-2H3,(H,20,22). The molecule has 5 nitrogen and oxygen atoms in total. The quantitative estimate of drug-likeness (QED) is 0.721. The number of benzene rings is 1. The summed E-state index contributed by atoms with van der Waals surface area (Å²) in [6, 6.07) is 7.28. The molecule has 6 heteroatoms. The van der Waals surface area contributed by atoms with Crippen molar-refractivity contribution < 1.29 is 13.2 Å². The average Bonchev–Trinajstić information content (AvgIpc) is 2.60. The van der Waals surface area contributed by atoms with Crippen LogP contribution < -0.4 is 9.62 Å². The molecule has 1 aromatic carbocycles. The number of nitrogens with one attached hydrogen (secondary N) is 1. The second kappa shape index (κ2) is 9.04. The predicted molar refractivity (Wildman–Crippen MR) is 102 cm³/mol. The smallest absolute Gasteiger partial charge is 0.240 e. The van der Waals surface area contributed by atoms with E-state index in [-0.39, 0.29) is 12.5 Å². The number of rotatable bonds is 8. The molecule has 138 valence electrons. The fourth-order valence-electron chi connectivity index (χ4n) is 2.98. The SMILES string of the molecule is CCc1ccc(N(CC(=O)NCCC2=CCCCC2)S(C)(=O)=O)cc1. The Labute approximate surface area is 151 Å². The Balaban J connectivity index is 1.94. The van der Waals surface area contributed by atoms with Crippen LogP contribution in [0.15, 0.2) is 35.9 Å². The maximum absolute atomic E-state index is 12.2. The molecule has 1 N–H and O–H groups in total. The molecule has 1 aliphatic carbocycles. The first-order chi connectivity index (χ1) is 11.9. The molecule has 1 aliphatic rings. The van der Waals surface area contributed by atoms with Crippen molar-refractivity contribution in [1.82, 2.24) is 5.32 Å². The summed E-state index contributed by atoms with van der Waals surface area (Å²) in [5.41, 5.74) is 3.04. The van der Waals surface area contributed by atoms with Gasteiger partial charge in [0.05, 0.1) is 11.9 Å². The van der Waals surface area contributed by atoms with Crippen LogP contribution in [0.5, 0.6) is 0 Å². The molecular weight excluding hydrogens is 336 g/mol. The third-order valence-corrected chi connectivity index (χ3v) is 5.61. The van der Waals surface area contributed by atoms with Crippen molar-refractivity contribution in [2.24, 2.45) is 0 Å². The number of hydrogen-bond acceptors (Lipinski definition) is 3. The molecule has 2 rings (SSSR count). The number of carbonyl (C=O) groups is 1. The number of nitrogens with zero attached hydrogens (tertiary/aromatic N) is 1. The minimum atomic E-state index is -3.52. The van der Waals surface area contributed by atoms with Crippen LogP contribution in [0.4, 0.5) is 5.69 Å². The monoisotopic (exact) mass is 364 g/mol. The lowest BCUT2D eigenvalue weighted by molar-refractivity contribution is -0.119. The molecule has 0 aliphatic heterocycles. The summed E-state index contributed by atoms with van der Waals surface area (Å²) in [6.07, 6.45) is 9.80. The van der Waals surface area contributed by atoms with E-state index >= 15 is 0 Å². The van der Waals surface area contributed by atoms with Gasteiger partial charge in [-0.3, -0.25) is 9.10 Å². The van der Waals surface area contributed by atoms with Crippen molar-refractivity contribution >= 4 is 21.6 Å². The number of aryl methyl sites for hydroxylation is 1. The molecule has 0 radical (unpaired) electrons. The number of amides is 1. The highest BCUT2D eigenvalue weighted by Crippen LogP contribution is 2.20. The third-order valence-electron chi connectivity index (χ3n) is 4.47. The van der Waals surface area contributed by atoms with E-state index in [1.54, 1.807) is 12.1 Å². The molecule has 0 heterocycles. The van der Waals surface area contributed by atoms with Gasteiger partial charge in [0.2, 0.25) is 15.9 Å². The Bertz CT molecular complexity index is 709. The summed E-state index contributed by atoms with van der Waals surface area (Å²) >= 11 is 0. The van der Waals surface area contributed by atoms with E-state index in [9.17, 15) is 13.2 Å². The summed E-state index contributed by atoms with van der Waals surface area (Å²) in [5.74, 6) is -0.276. The highest BCUT2D eigenvalue weighted by atomic mass is 32.2. The van der Waals surface area contributed by atoms with Gasteiger partial charge in [-0.2, -0.15) is 0 Å². The van der Waals surface area contributed by atoms with E-state index in [0.29, 0.717) is 12.2 Å². The number of carbonyl (C=O) groups excluding carboxylic acids is 1. The fourth-order valence-corrected chi connectivity index (χ4v) is 3.83. The van der Waals surface area contributed by atoms with E-state index in [1.807, 2.05) is 19.1 Å². The fraction of sp³-hybridized carbons (Fsp3) is 0.526. The summed E-state index contributed by atoms with van der Waals surface area (Å²) in [7, 11) is -3.52. The number of sulfonamides is 1. The minimum absolute atomic E-state index is 0.191. The van der Waals surface area contributed by atoms with Crippen LogP contribution in [-0.2, 0) is 21.2 Å². The van der Waals surface area contributed by atoms with Crippen LogP contribution in [0.1, 0.15) is 44.6 Å². The third kappa shape index (κ3) is 6.20. The summed E-state index contributed by atoms with van der Waals surface area (Å²) in [5, 5.41) is 2.84. The van der Waals surface area contributed by atoms with E-state index in [4.69, 9.17) is 0 Å². The predicted octanol–water partition coefficient (Wildman–Crippen LogP) is 3.02. The van der Waals surface area contributed by atoms with E-state index < -0.39 is 10.0 Å². The van der Waals surface area contributed by atoms with Gasteiger partial charge in [0.25, 0.3) is 0 Å². The lowest BCUT2D eigenvalue weighted by Crippen LogP contribution is -2.40. The molecule has 0 saturated heterocycles. The Morgan fingerprint density at radius 3 is 2.48 bits per heavy atom. The lowest BCUT2D eigenvalue weighted by atomic mass is 9.97. The number of hydrogen-bond donors (Lipinski definition) is 1. The molecule has 0 fully saturated rings. The molecule has 1 amide bonds. The highest BCUT2D eigenvalue weighted by Gasteiger charge is 2.20. The van der Waals surface area contributed by atoms with Gasteiger partial charge in [-0.25, -0.2) is 8.42 Å². The molecule has 0 spiro atoms. The topological polar surface area (TPSA) is 66.5 Å². The summed E-state index contributed by atoms with van der Waals surface area (Å²) in [4.78, 5) is 12.2. The van der Waals surface area contributed by atoms with Crippen LogP contribution in [-0.4, -0.2) is 33.7 Å². The van der Waals surface area contributed by atoms with Gasteiger partial charge < -0.3 is 5.32 Å². The zero-order valence-electron chi connectivity index (χ0n) is 15.1. The maximum atomic E-state index is 12.2. The van der Waals surface area contributed by atoms with E-state index in [0.717, 1.165) is 41.8 Å². The van der Waals surface area contributed by atoms with Gasteiger partial charge in [0, 0.05) is 6.54 Å². The summed E-state index contributed by atoms with van der Waals surface area (Å²) < 4.78 is 25.3. The van der Waals surface area contributed by atoms with Gasteiger partial charge in [0.1, 0.15) is 6.54 Å². The van der Waals surface area contributed by atoms with Gasteiger partial charge in [-0.05, 0) is 56.2 Å². The van der Waals surface area contributed by atoms with E-state index in [1.165, 1.54) is 18.4 Å². The normalized spacial score (nSPS) is 14.7. The first kappa shape index (κ1) is 19.5. The van der Waals surface area contributed by atoms with Crippen LogP contribution in [0.3, 0.4) is 0 Å². The molecule has 1 aromatic rings. The highest BCUT2D eigenvalue weighted by molar-refractivity contribution is 7.92. The Morgan fingerprint density at radius 1 is 1.20 bits per heavy atom. The Hall–Kier alpha value is -1.82. The molecule has 0 aromatic heterocycles. The first-order valence-corrected chi connectivity index (χ1v) is 10.8. The Kier molecular flexibility index (Phi) is 7.05. The second-order valence-corrected chi connectivity index (χ2v) is 8.40. The molecular formula is C19H28N2O3S.